The lowest BCUT2D eigenvalue weighted by atomic mass is 9.96. The number of morpholine rings is 1. The number of ether oxygens (including phenoxy) is 1. The van der Waals surface area contributed by atoms with E-state index in [-0.39, 0.29) is 12.0 Å². The summed E-state index contributed by atoms with van der Waals surface area (Å²) in [5, 5.41) is 16.3. The third-order valence-corrected chi connectivity index (χ3v) is 7.67. The van der Waals surface area contributed by atoms with Crippen LogP contribution in [0.15, 0.2) is 45.7 Å². The number of likely N-dealkylation sites (N-methyl/N-ethyl adjacent to an activating group) is 1. The van der Waals surface area contributed by atoms with E-state index in [0.717, 1.165) is 74.3 Å². The van der Waals surface area contributed by atoms with Crippen LogP contribution in [-0.2, 0) is 16.0 Å². The van der Waals surface area contributed by atoms with Crippen molar-refractivity contribution in [1.29, 1.82) is 5.26 Å². The van der Waals surface area contributed by atoms with Gasteiger partial charge in [0.05, 0.1) is 29.0 Å². The van der Waals surface area contributed by atoms with Crippen LogP contribution in [0.2, 0.25) is 5.02 Å². The molecule has 0 aromatic heterocycles. The Hall–Kier alpha value is -3.16. The quantitative estimate of drug-likeness (QED) is 0.161. The Morgan fingerprint density at radius 1 is 1.22 bits per heavy atom. The highest BCUT2D eigenvalue weighted by Crippen LogP contribution is 2.34. The Balaban J connectivity index is 0.000000180. The largest absolute Gasteiger partial charge is 0.370 e. The van der Waals surface area contributed by atoms with Gasteiger partial charge in [0.15, 0.2) is 0 Å². The minimum Gasteiger partial charge on any atom is -0.370 e. The fraction of sp³-hybridized carbons (Fsp3) is 0.444. The number of aliphatic imine (C=N–C) groups is 1. The number of benzene rings is 2. The van der Waals surface area contributed by atoms with Crippen LogP contribution in [0.25, 0.3) is 0 Å². The van der Waals surface area contributed by atoms with E-state index in [4.69, 9.17) is 22.2 Å². The van der Waals surface area contributed by atoms with Gasteiger partial charge in [0, 0.05) is 38.1 Å². The van der Waals surface area contributed by atoms with Crippen LogP contribution in [0, 0.1) is 18.3 Å². The molecule has 0 bridgehead atoms. The van der Waals surface area contributed by atoms with Crippen molar-refractivity contribution in [2.24, 2.45) is 21.2 Å². The molecule has 37 heavy (non-hydrogen) atoms. The summed E-state index contributed by atoms with van der Waals surface area (Å²) in [5.74, 6) is 4.90. The van der Waals surface area contributed by atoms with Crippen LogP contribution in [-0.4, -0.2) is 68.3 Å². The van der Waals surface area contributed by atoms with E-state index in [0.29, 0.717) is 16.6 Å². The second-order valence-corrected chi connectivity index (χ2v) is 10.0. The monoisotopic (exact) mass is 521 g/mol. The molecular weight excluding hydrogens is 490 g/mol. The summed E-state index contributed by atoms with van der Waals surface area (Å²) < 4.78 is 6.08. The fourth-order valence-electron chi connectivity index (χ4n) is 5.29. The Bertz CT molecular complexity index is 1230. The van der Waals surface area contributed by atoms with Gasteiger partial charge in [0.1, 0.15) is 18.7 Å². The standard InChI is InChI=1S/C16H20ClN3O.C11H12N4O/c1-11-13(3-4-15(17)14(11)7-18)16-9-20-6-5-19(2)8-12(20)10-21-16;12-15-14-7-13-10-3-4-11-8(5-10)1-2-9(11)6-16/h3-4,12,16H,5-6,8-10H2,1-2H3;3-7,9H,1-2H2,(H2,12,13,14). The van der Waals surface area contributed by atoms with E-state index in [1.54, 1.807) is 0 Å². The second-order valence-electron chi connectivity index (χ2n) is 9.62. The average Bonchev–Trinajstić information content (AvgIpc) is 3.32. The number of carbonyl (C=O) groups is 1. The maximum absolute atomic E-state index is 10.8. The number of nitrogens with two attached hydrogens (primary N) is 1. The predicted octanol–water partition coefficient (Wildman–Crippen LogP) is 4.11. The maximum Gasteiger partial charge on any atom is 0.140 e. The molecule has 2 aromatic carbocycles. The molecule has 0 saturated carbocycles. The van der Waals surface area contributed by atoms with Crippen LogP contribution in [0.4, 0.5) is 5.69 Å². The molecule has 3 aliphatic rings. The molecule has 2 aromatic rings. The van der Waals surface area contributed by atoms with Crippen LogP contribution in [0.3, 0.4) is 0 Å². The summed E-state index contributed by atoms with van der Waals surface area (Å²) in [4.78, 5) is 19.7. The zero-order valence-electron chi connectivity index (χ0n) is 21.2. The maximum atomic E-state index is 10.8. The van der Waals surface area contributed by atoms with Gasteiger partial charge in [-0.1, -0.05) is 29.0 Å². The highest BCUT2D eigenvalue weighted by atomic mass is 35.5. The number of carbonyl (C=O) groups excluding carboxylic acids is 1. The first kappa shape index (κ1) is 26.9. The lowest BCUT2D eigenvalue weighted by molar-refractivity contribution is -0.109. The Labute approximate surface area is 222 Å². The first-order valence-electron chi connectivity index (χ1n) is 12.4. The molecule has 2 saturated heterocycles. The third kappa shape index (κ3) is 6.22. The van der Waals surface area contributed by atoms with E-state index in [1.165, 1.54) is 11.9 Å². The molecule has 2 aliphatic heterocycles. The number of fused-ring (bicyclic) bond motifs is 2. The van der Waals surface area contributed by atoms with Crippen molar-refractivity contribution in [3.63, 3.8) is 0 Å². The van der Waals surface area contributed by atoms with Crippen LogP contribution < -0.4 is 5.84 Å². The Kier molecular flexibility index (Phi) is 9.00. The first-order valence-corrected chi connectivity index (χ1v) is 12.8. The normalized spacial score (nSPS) is 23.8. The molecule has 194 valence electrons. The second kappa shape index (κ2) is 12.4. The number of nitrogens with zero attached hydrogens (tertiary/aromatic N) is 6. The van der Waals surface area contributed by atoms with E-state index in [1.807, 2.05) is 37.3 Å². The van der Waals surface area contributed by atoms with Crippen LogP contribution >= 0.6 is 11.6 Å². The Morgan fingerprint density at radius 3 is 2.78 bits per heavy atom. The molecule has 2 heterocycles. The van der Waals surface area contributed by atoms with Crippen LogP contribution in [0.1, 0.15) is 46.3 Å². The number of aryl methyl sites for hydroxylation is 1. The van der Waals surface area contributed by atoms with E-state index in [2.05, 4.69) is 38.2 Å². The van der Waals surface area contributed by atoms with Gasteiger partial charge < -0.3 is 20.3 Å². The van der Waals surface area contributed by atoms with Gasteiger partial charge in [-0.15, -0.1) is 5.11 Å². The van der Waals surface area contributed by atoms with Crippen molar-refractivity contribution < 1.29 is 9.53 Å². The SMILES string of the molecule is Cc1c(C2CN3CCN(C)CC3CO2)ccc(Cl)c1C#N.NN=NC=Nc1ccc2c(c1)CCC2C=O. The minimum atomic E-state index is 0.0361. The molecule has 5 rings (SSSR count). The smallest absolute Gasteiger partial charge is 0.140 e. The molecule has 2 N–H and O–H groups in total. The predicted molar refractivity (Wildman–Crippen MR) is 143 cm³/mol. The fourth-order valence-corrected chi connectivity index (χ4v) is 5.54. The molecule has 10 heteroatoms. The lowest BCUT2D eigenvalue weighted by Crippen LogP contribution is -2.57. The number of halogens is 1. The van der Waals surface area contributed by atoms with Gasteiger partial charge in [0.25, 0.3) is 0 Å². The topological polar surface area (TPSA) is 120 Å². The van der Waals surface area contributed by atoms with Crippen molar-refractivity contribution >= 4 is 29.9 Å². The number of hydrogen-bond acceptors (Lipinski definition) is 7. The van der Waals surface area contributed by atoms with Gasteiger partial charge in [-0.05, 0) is 67.3 Å². The van der Waals surface area contributed by atoms with Gasteiger partial charge in [-0.2, -0.15) is 5.26 Å². The molecule has 2 fully saturated rings. The zero-order chi connectivity index (χ0) is 26.4. The van der Waals surface area contributed by atoms with Crippen LogP contribution in [0.5, 0.6) is 0 Å². The summed E-state index contributed by atoms with van der Waals surface area (Å²) in [6.45, 7) is 6.85. The zero-order valence-corrected chi connectivity index (χ0v) is 21.9. The van der Waals surface area contributed by atoms with E-state index < -0.39 is 0 Å². The number of piperazine rings is 1. The highest BCUT2D eigenvalue weighted by molar-refractivity contribution is 6.31. The van der Waals surface area contributed by atoms with Gasteiger partial charge >= 0.3 is 0 Å². The minimum absolute atomic E-state index is 0.0361. The summed E-state index contributed by atoms with van der Waals surface area (Å²) in [5.41, 5.74) is 5.72. The van der Waals surface area contributed by atoms with Crippen molar-refractivity contribution in [1.82, 2.24) is 9.80 Å². The van der Waals surface area contributed by atoms with Crippen molar-refractivity contribution in [3.8, 4) is 6.07 Å². The number of nitriles is 1. The first-order chi connectivity index (χ1) is 17.9. The summed E-state index contributed by atoms with van der Waals surface area (Å²) >= 11 is 6.09. The number of rotatable bonds is 4. The molecular formula is C27H32ClN7O2. The van der Waals surface area contributed by atoms with Gasteiger partial charge in [0.2, 0.25) is 0 Å². The summed E-state index contributed by atoms with van der Waals surface area (Å²) in [6, 6.07) is 12.3. The third-order valence-electron chi connectivity index (χ3n) is 7.35. The molecule has 0 amide bonds. The molecule has 9 nitrogen and oxygen atoms in total. The molecule has 1 aliphatic carbocycles. The van der Waals surface area contributed by atoms with Crippen molar-refractivity contribution in [3.05, 3.63) is 63.2 Å². The molecule has 3 atom stereocenters. The number of hydrogen-bond donors (Lipinski definition) is 1. The van der Waals surface area contributed by atoms with Crippen molar-refractivity contribution in [2.75, 3.05) is 39.8 Å². The highest BCUT2D eigenvalue weighted by Gasteiger charge is 2.33. The lowest BCUT2D eigenvalue weighted by Gasteiger charge is -2.45. The molecule has 0 spiro atoms. The van der Waals surface area contributed by atoms with Gasteiger partial charge in [-0.3, -0.25) is 4.90 Å². The van der Waals surface area contributed by atoms with Crippen molar-refractivity contribution in [2.45, 2.75) is 37.8 Å². The van der Waals surface area contributed by atoms with E-state index >= 15 is 0 Å². The number of aldehydes is 1. The van der Waals surface area contributed by atoms with E-state index in [9.17, 15) is 10.1 Å². The Morgan fingerprint density at radius 2 is 2.03 bits per heavy atom. The summed E-state index contributed by atoms with van der Waals surface area (Å²) in [6.07, 6.45) is 4.18. The molecule has 3 unspecified atom stereocenters. The molecule has 0 radical (unpaired) electrons. The van der Waals surface area contributed by atoms with Gasteiger partial charge in [-0.25, -0.2) is 4.99 Å². The summed E-state index contributed by atoms with van der Waals surface area (Å²) in [7, 11) is 2.16. The average molecular weight is 522 g/mol.